The van der Waals surface area contributed by atoms with Crippen LogP contribution >= 0.6 is 0 Å². The first kappa shape index (κ1) is 14.5. The lowest BCUT2D eigenvalue weighted by molar-refractivity contribution is 0.471. The van der Waals surface area contributed by atoms with Crippen LogP contribution in [0.2, 0.25) is 0 Å². The van der Waals surface area contributed by atoms with Crippen molar-refractivity contribution in [3.8, 4) is 5.75 Å². The van der Waals surface area contributed by atoms with E-state index in [1.54, 1.807) is 0 Å². The summed E-state index contributed by atoms with van der Waals surface area (Å²) in [5.41, 5.74) is 5.14. The van der Waals surface area contributed by atoms with E-state index in [1.165, 1.54) is 0 Å². The molecule has 0 saturated heterocycles. The van der Waals surface area contributed by atoms with Gasteiger partial charge in [0.05, 0.1) is 10.6 Å². The van der Waals surface area contributed by atoms with Crippen molar-refractivity contribution < 1.29 is 31.0 Å². The summed E-state index contributed by atoms with van der Waals surface area (Å²) in [7, 11) is -9.18. The van der Waals surface area contributed by atoms with E-state index in [4.69, 9.17) is 14.8 Å². The van der Waals surface area contributed by atoms with Gasteiger partial charge in [0.1, 0.15) is 10.6 Å². The molecule has 108 valence electrons. The molecule has 0 aliphatic carbocycles. The third-order valence-electron chi connectivity index (χ3n) is 2.61. The van der Waals surface area contributed by atoms with Crippen LogP contribution in [0, 0.1) is 0 Å². The third kappa shape index (κ3) is 2.54. The molecule has 8 nitrogen and oxygen atoms in total. The predicted molar refractivity (Wildman–Crippen MR) is 69.7 cm³/mol. The Morgan fingerprint density at radius 1 is 0.900 bits per heavy atom. The molecule has 0 aliphatic rings. The zero-order valence-electron chi connectivity index (χ0n) is 9.68. The Kier molecular flexibility index (Phi) is 3.13. The number of nitrogen functional groups attached to an aromatic ring is 1. The summed E-state index contributed by atoms with van der Waals surface area (Å²) >= 11 is 0. The van der Waals surface area contributed by atoms with E-state index in [0.29, 0.717) is 0 Å². The maximum absolute atomic E-state index is 11.1. The second-order valence-corrected chi connectivity index (χ2v) is 6.82. The minimum atomic E-state index is -4.60. The Morgan fingerprint density at radius 3 is 2.00 bits per heavy atom. The molecule has 0 fully saturated rings. The Balaban J connectivity index is 2.93. The third-order valence-corrected chi connectivity index (χ3v) is 4.35. The first-order valence-electron chi connectivity index (χ1n) is 5.01. The average molecular weight is 319 g/mol. The van der Waals surface area contributed by atoms with Gasteiger partial charge in [0.2, 0.25) is 0 Å². The highest BCUT2D eigenvalue weighted by Crippen LogP contribution is 2.33. The maximum atomic E-state index is 11.1. The summed E-state index contributed by atoms with van der Waals surface area (Å²) < 4.78 is 62.2. The van der Waals surface area contributed by atoms with Crippen LogP contribution in [0.5, 0.6) is 5.75 Å². The first-order valence-corrected chi connectivity index (χ1v) is 7.89. The Bertz CT molecular complexity index is 916. The van der Waals surface area contributed by atoms with Crippen LogP contribution in [0.3, 0.4) is 0 Å². The standard InChI is InChI=1S/C10H9NO7S2/c11-8-4-7-5(2-10(8)20(16,17)18)1-6(3-9(7)12)19(13,14)15/h1-4,12H,11H2,(H,13,14,15)(H,16,17,18). The van der Waals surface area contributed by atoms with Gasteiger partial charge in [0, 0.05) is 11.5 Å². The van der Waals surface area contributed by atoms with E-state index >= 15 is 0 Å². The number of nitrogens with two attached hydrogens (primary N) is 1. The van der Waals surface area contributed by atoms with Gasteiger partial charge in [0.25, 0.3) is 20.2 Å². The highest BCUT2D eigenvalue weighted by Gasteiger charge is 2.18. The summed E-state index contributed by atoms with van der Waals surface area (Å²) in [5.74, 6) is -0.510. The molecule has 0 unspecified atom stereocenters. The quantitative estimate of drug-likeness (QED) is 0.463. The summed E-state index contributed by atoms with van der Waals surface area (Å²) in [4.78, 5) is -1.24. The number of phenolic OH excluding ortho intramolecular Hbond substituents is 1. The van der Waals surface area contributed by atoms with E-state index in [1.807, 2.05) is 0 Å². The van der Waals surface area contributed by atoms with E-state index in [2.05, 4.69) is 0 Å². The predicted octanol–water partition coefficient (Wildman–Crippen LogP) is 0.621. The molecule has 5 N–H and O–H groups in total. The highest BCUT2D eigenvalue weighted by molar-refractivity contribution is 7.86. The number of phenols is 1. The van der Waals surface area contributed by atoms with Gasteiger partial charge in [-0.3, -0.25) is 9.11 Å². The van der Waals surface area contributed by atoms with Crippen LogP contribution in [0.15, 0.2) is 34.1 Å². The molecule has 10 heteroatoms. The van der Waals surface area contributed by atoms with Crippen LogP contribution < -0.4 is 5.73 Å². The van der Waals surface area contributed by atoms with E-state index in [9.17, 15) is 21.9 Å². The van der Waals surface area contributed by atoms with Crippen molar-refractivity contribution in [3.05, 3.63) is 24.3 Å². The summed E-state index contributed by atoms with van der Waals surface area (Å²) in [6.45, 7) is 0. The average Bonchev–Trinajstić information content (AvgIpc) is 2.26. The first-order chi connectivity index (χ1) is 9.00. The molecule has 0 radical (unpaired) electrons. The molecule has 2 rings (SSSR count). The van der Waals surface area contributed by atoms with Crippen LogP contribution in [0.4, 0.5) is 5.69 Å². The van der Waals surface area contributed by atoms with E-state index in [-0.39, 0.29) is 16.5 Å². The minimum absolute atomic E-state index is 0.0283. The Hall–Kier alpha value is -1.88. The second-order valence-electron chi connectivity index (χ2n) is 4.00. The fourth-order valence-electron chi connectivity index (χ4n) is 1.73. The van der Waals surface area contributed by atoms with Crippen molar-refractivity contribution in [1.82, 2.24) is 0 Å². The molecule has 0 spiro atoms. The molecule has 20 heavy (non-hydrogen) atoms. The van der Waals surface area contributed by atoms with Crippen molar-refractivity contribution in [3.63, 3.8) is 0 Å². The minimum Gasteiger partial charge on any atom is -0.507 e. The maximum Gasteiger partial charge on any atom is 0.296 e. The van der Waals surface area contributed by atoms with E-state index < -0.39 is 35.8 Å². The SMILES string of the molecule is Nc1cc2c(O)cc(S(=O)(=O)O)cc2cc1S(=O)(=O)O. The van der Waals surface area contributed by atoms with Crippen molar-refractivity contribution in [2.24, 2.45) is 0 Å². The van der Waals surface area contributed by atoms with Crippen molar-refractivity contribution in [2.45, 2.75) is 9.79 Å². The van der Waals surface area contributed by atoms with Gasteiger partial charge in [-0.2, -0.15) is 16.8 Å². The zero-order valence-corrected chi connectivity index (χ0v) is 11.3. The monoisotopic (exact) mass is 319 g/mol. The summed E-state index contributed by atoms with van der Waals surface area (Å²) in [5, 5.41) is 9.73. The fraction of sp³-hybridized carbons (Fsp3) is 0. The van der Waals surface area contributed by atoms with Gasteiger partial charge in [-0.1, -0.05) is 0 Å². The van der Waals surface area contributed by atoms with Crippen LogP contribution in [0.1, 0.15) is 0 Å². The lowest BCUT2D eigenvalue weighted by Crippen LogP contribution is -2.03. The number of benzene rings is 2. The Morgan fingerprint density at radius 2 is 1.50 bits per heavy atom. The van der Waals surface area contributed by atoms with Crippen molar-refractivity contribution in [1.29, 1.82) is 0 Å². The number of rotatable bonds is 2. The van der Waals surface area contributed by atoms with E-state index in [0.717, 1.165) is 24.3 Å². The normalized spacial score (nSPS) is 12.7. The molecule has 0 atom stereocenters. The van der Waals surface area contributed by atoms with Gasteiger partial charge in [0.15, 0.2) is 0 Å². The molecule has 0 bridgehead atoms. The number of aromatic hydroxyl groups is 1. The van der Waals surface area contributed by atoms with Crippen LogP contribution in [-0.2, 0) is 20.2 Å². The van der Waals surface area contributed by atoms with Crippen molar-refractivity contribution in [2.75, 3.05) is 5.73 Å². The topological polar surface area (TPSA) is 155 Å². The van der Waals surface area contributed by atoms with Crippen LogP contribution in [-0.4, -0.2) is 31.0 Å². The molecule has 0 saturated carbocycles. The molecule has 2 aromatic rings. The molecule has 0 aromatic heterocycles. The lowest BCUT2D eigenvalue weighted by atomic mass is 10.1. The number of fused-ring (bicyclic) bond motifs is 1. The number of anilines is 1. The number of hydrogen-bond donors (Lipinski definition) is 4. The largest absolute Gasteiger partial charge is 0.507 e. The highest BCUT2D eigenvalue weighted by atomic mass is 32.2. The van der Waals surface area contributed by atoms with Crippen molar-refractivity contribution >= 4 is 36.7 Å². The molecule has 0 heterocycles. The molecule has 2 aromatic carbocycles. The smallest absolute Gasteiger partial charge is 0.296 e. The summed E-state index contributed by atoms with van der Waals surface area (Å²) in [6.07, 6.45) is 0. The van der Waals surface area contributed by atoms with Crippen LogP contribution in [0.25, 0.3) is 10.8 Å². The molecule has 0 amide bonds. The van der Waals surface area contributed by atoms with Gasteiger partial charge in [-0.15, -0.1) is 0 Å². The number of hydrogen-bond acceptors (Lipinski definition) is 6. The molecular weight excluding hydrogens is 310 g/mol. The van der Waals surface area contributed by atoms with Gasteiger partial charge < -0.3 is 10.8 Å². The fourth-order valence-corrected chi connectivity index (χ4v) is 2.90. The molecular formula is C10H9NO7S2. The van der Waals surface area contributed by atoms with Gasteiger partial charge in [-0.25, -0.2) is 0 Å². The Labute approximate surface area is 114 Å². The zero-order chi connectivity index (χ0) is 15.3. The van der Waals surface area contributed by atoms with Gasteiger partial charge in [-0.05, 0) is 23.6 Å². The summed E-state index contributed by atoms with van der Waals surface area (Å²) in [6, 6.07) is 3.71. The lowest BCUT2D eigenvalue weighted by Gasteiger charge is -2.08. The van der Waals surface area contributed by atoms with Gasteiger partial charge >= 0.3 is 0 Å². The second kappa shape index (κ2) is 4.31. The molecule has 0 aliphatic heterocycles.